The Labute approximate surface area is 178 Å². The summed E-state index contributed by atoms with van der Waals surface area (Å²) in [5, 5.41) is 11.7. The Bertz CT molecular complexity index is 936. The first kappa shape index (κ1) is 20.1. The van der Waals surface area contributed by atoms with Crippen LogP contribution in [0.4, 0.5) is 0 Å². The Hall–Kier alpha value is -3.20. The lowest BCUT2D eigenvalue weighted by Gasteiger charge is -2.30. The smallest absolute Gasteiger partial charge is 0.117 e. The Morgan fingerprint density at radius 1 is 0.567 bits per heavy atom. The van der Waals surface area contributed by atoms with Crippen molar-refractivity contribution in [3.8, 4) is 0 Å². The monoisotopic (exact) mass is 394 g/mol. The van der Waals surface area contributed by atoms with Crippen LogP contribution in [0.15, 0.2) is 121 Å². The van der Waals surface area contributed by atoms with Gasteiger partial charge in [-0.1, -0.05) is 121 Å². The molecule has 0 aromatic heterocycles. The summed E-state index contributed by atoms with van der Waals surface area (Å²) >= 11 is 0. The third kappa shape index (κ3) is 4.51. The number of ether oxygens (including phenoxy) is 1. The minimum atomic E-state index is -1.11. The van der Waals surface area contributed by atoms with Crippen molar-refractivity contribution >= 4 is 0 Å². The predicted octanol–water partition coefficient (Wildman–Crippen LogP) is 6.12. The maximum atomic E-state index is 11.7. The first-order valence-electron chi connectivity index (χ1n) is 10.3. The van der Waals surface area contributed by atoms with Gasteiger partial charge in [-0.15, -0.1) is 0 Å². The van der Waals surface area contributed by atoms with E-state index in [1.807, 2.05) is 97.1 Å². The van der Waals surface area contributed by atoms with Gasteiger partial charge in [-0.3, -0.25) is 0 Å². The highest BCUT2D eigenvalue weighted by Crippen LogP contribution is 2.34. The third-order valence-electron chi connectivity index (χ3n) is 5.46. The molecule has 150 valence electrons. The fraction of sp³-hybridized carbons (Fsp3) is 0.143. The van der Waals surface area contributed by atoms with Gasteiger partial charge in [0.05, 0.1) is 6.61 Å². The second-order valence-corrected chi connectivity index (χ2v) is 7.41. The fourth-order valence-corrected chi connectivity index (χ4v) is 3.85. The van der Waals surface area contributed by atoms with E-state index in [0.717, 1.165) is 22.3 Å². The van der Waals surface area contributed by atoms with Crippen molar-refractivity contribution in [1.82, 2.24) is 0 Å². The van der Waals surface area contributed by atoms with Crippen molar-refractivity contribution in [1.29, 1.82) is 0 Å². The molecule has 0 saturated carbocycles. The summed E-state index contributed by atoms with van der Waals surface area (Å²) in [6.45, 7) is 0.411. The molecule has 2 heteroatoms. The molecule has 4 rings (SSSR count). The second-order valence-electron chi connectivity index (χ2n) is 7.41. The van der Waals surface area contributed by atoms with Gasteiger partial charge in [0.25, 0.3) is 0 Å². The molecule has 1 N–H and O–H groups in total. The van der Waals surface area contributed by atoms with Crippen LogP contribution in [-0.4, -0.2) is 11.7 Å². The van der Waals surface area contributed by atoms with Gasteiger partial charge in [0.15, 0.2) is 0 Å². The molecule has 4 aromatic carbocycles. The van der Waals surface area contributed by atoms with E-state index in [2.05, 4.69) is 24.3 Å². The summed E-state index contributed by atoms with van der Waals surface area (Å²) in [5.74, 6) is 0. The summed E-state index contributed by atoms with van der Waals surface area (Å²) in [7, 11) is 0. The average Bonchev–Trinajstić information content (AvgIpc) is 2.84. The number of aliphatic hydroxyl groups is 1. The van der Waals surface area contributed by atoms with E-state index in [1.54, 1.807) is 0 Å². The number of hydrogen-bond donors (Lipinski definition) is 1. The van der Waals surface area contributed by atoms with Crippen LogP contribution in [0.5, 0.6) is 0 Å². The Balaban J connectivity index is 1.59. The summed E-state index contributed by atoms with van der Waals surface area (Å²) in [4.78, 5) is 0. The number of hydrogen-bond acceptors (Lipinski definition) is 2. The van der Waals surface area contributed by atoms with E-state index >= 15 is 0 Å². The highest BCUT2D eigenvalue weighted by atomic mass is 16.5. The van der Waals surface area contributed by atoms with Gasteiger partial charge in [-0.2, -0.15) is 0 Å². The van der Waals surface area contributed by atoms with Crippen molar-refractivity contribution in [2.45, 2.75) is 18.1 Å². The van der Waals surface area contributed by atoms with Crippen LogP contribution in [0.2, 0.25) is 0 Å². The Morgan fingerprint density at radius 2 is 0.933 bits per heavy atom. The van der Waals surface area contributed by atoms with Gasteiger partial charge in [-0.05, 0) is 22.3 Å². The standard InChI is InChI=1S/C28H26O2/c29-28(25-17-9-3-10-18-25,26-19-11-4-12-20-26)21-22-30-27(23-13-5-1-6-14-23)24-15-7-2-8-16-24/h1-20,27,29H,21-22H2. The zero-order chi connectivity index (χ0) is 20.7. The zero-order valence-electron chi connectivity index (χ0n) is 16.9. The molecule has 0 heterocycles. The normalized spacial score (nSPS) is 11.5. The minimum Gasteiger partial charge on any atom is -0.380 e. The zero-order valence-corrected chi connectivity index (χ0v) is 16.9. The maximum Gasteiger partial charge on any atom is 0.117 e. The number of benzene rings is 4. The Kier molecular flexibility index (Phi) is 6.38. The molecule has 2 nitrogen and oxygen atoms in total. The summed E-state index contributed by atoms with van der Waals surface area (Å²) in [6.07, 6.45) is 0.278. The summed E-state index contributed by atoms with van der Waals surface area (Å²) in [6, 6.07) is 40.1. The van der Waals surface area contributed by atoms with Gasteiger partial charge in [0.1, 0.15) is 11.7 Å². The molecule has 0 bridgehead atoms. The molecule has 0 radical (unpaired) electrons. The molecular weight excluding hydrogens is 368 g/mol. The van der Waals surface area contributed by atoms with Gasteiger partial charge in [0.2, 0.25) is 0 Å². The van der Waals surface area contributed by atoms with Crippen LogP contribution in [-0.2, 0) is 10.3 Å². The van der Waals surface area contributed by atoms with E-state index in [-0.39, 0.29) is 6.10 Å². The van der Waals surface area contributed by atoms with Crippen molar-refractivity contribution in [3.05, 3.63) is 144 Å². The lowest BCUT2D eigenvalue weighted by atomic mass is 9.84. The topological polar surface area (TPSA) is 29.5 Å². The van der Waals surface area contributed by atoms with Crippen LogP contribution in [0.1, 0.15) is 34.8 Å². The molecule has 0 spiro atoms. The molecule has 0 aliphatic rings. The third-order valence-corrected chi connectivity index (χ3v) is 5.46. The van der Waals surface area contributed by atoms with Gasteiger partial charge < -0.3 is 9.84 Å². The fourth-order valence-electron chi connectivity index (χ4n) is 3.85. The molecule has 0 aliphatic heterocycles. The van der Waals surface area contributed by atoms with Crippen molar-refractivity contribution in [2.24, 2.45) is 0 Å². The van der Waals surface area contributed by atoms with Gasteiger partial charge >= 0.3 is 0 Å². The predicted molar refractivity (Wildman–Crippen MR) is 121 cm³/mol. The van der Waals surface area contributed by atoms with Gasteiger partial charge in [0, 0.05) is 6.42 Å². The van der Waals surface area contributed by atoms with Crippen LogP contribution < -0.4 is 0 Å². The van der Waals surface area contributed by atoms with Crippen molar-refractivity contribution < 1.29 is 9.84 Å². The maximum absolute atomic E-state index is 11.7. The van der Waals surface area contributed by atoms with Crippen LogP contribution in [0.25, 0.3) is 0 Å². The van der Waals surface area contributed by atoms with E-state index in [4.69, 9.17) is 4.74 Å². The van der Waals surface area contributed by atoms with Gasteiger partial charge in [-0.25, -0.2) is 0 Å². The first-order valence-corrected chi connectivity index (χ1v) is 10.3. The van der Waals surface area contributed by atoms with E-state index < -0.39 is 5.60 Å². The SMILES string of the molecule is OC(CCOC(c1ccccc1)c1ccccc1)(c1ccccc1)c1ccccc1. The molecule has 0 fully saturated rings. The van der Waals surface area contributed by atoms with Crippen LogP contribution >= 0.6 is 0 Å². The molecule has 0 unspecified atom stereocenters. The lowest BCUT2D eigenvalue weighted by Crippen LogP contribution is -2.29. The van der Waals surface area contributed by atoms with E-state index in [9.17, 15) is 5.11 Å². The largest absolute Gasteiger partial charge is 0.380 e. The minimum absolute atomic E-state index is 0.178. The first-order chi connectivity index (χ1) is 14.8. The summed E-state index contributed by atoms with van der Waals surface area (Å²) in [5.41, 5.74) is 2.84. The van der Waals surface area contributed by atoms with Crippen LogP contribution in [0.3, 0.4) is 0 Å². The molecular formula is C28H26O2. The second kappa shape index (κ2) is 9.53. The lowest BCUT2D eigenvalue weighted by molar-refractivity contribution is 0.00880. The highest BCUT2D eigenvalue weighted by Gasteiger charge is 2.31. The number of rotatable bonds is 8. The molecule has 0 saturated heterocycles. The van der Waals surface area contributed by atoms with Crippen molar-refractivity contribution in [2.75, 3.05) is 6.61 Å². The molecule has 0 aliphatic carbocycles. The molecule has 0 atom stereocenters. The van der Waals surface area contributed by atoms with E-state index in [1.165, 1.54) is 0 Å². The van der Waals surface area contributed by atoms with Crippen molar-refractivity contribution in [3.63, 3.8) is 0 Å². The summed E-state index contributed by atoms with van der Waals surface area (Å²) < 4.78 is 6.39. The average molecular weight is 395 g/mol. The Morgan fingerprint density at radius 3 is 1.33 bits per heavy atom. The van der Waals surface area contributed by atoms with Crippen LogP contribution in [0, 0.1) is 0 Å². The molecule has 4 aromatic rings. The molecule has 30 heavy (non-hydrogen) atoms. The van der Waals surface area contributed by atoms with E-state index in [0.29, 0.717) is 13.0 Å². The quantitative estimate of drug-likeness (QED) is 0.390. The highest BCUT2D eigenvalue weighted by molar-refractivity contribution is 5.36. The molecule has 0 amide bonds.